The van der Waals surface area contributed by atoms with Crippen LogP contribution in [0.5, 0.6) is 5.75 Å². The summed E-state index contributed by atoms with van der Waals surface area (Å²) in [7, 11) is 0. The van der Waals surface area contributed by atoms with Crippen LogP contribution in [0.25, 0.3) is 0 Å². The molecule has 130 valence electrons. The van der Waals surface area contributed by atoms with E-state index in [1.54, 1.807) is 0 Å². The van der Waals surface area contributed by atoms with Gasteiger partial charge in [-0.3, -0.25) is 0 Å². The highest BCUT2D eigenvalue weighted by molar-refractivity contribution is 5.51. The first-order chi connectivity index (χ1) is 11.7. The maximum atomic E-state index is 9.08. The summed E-state index contributed by atoms with van der Waals surface area (Å²) < 4.78 is 11.4. The average Bonchev–Trinajstić information content (AvgIpc) is 2.58. The van der Waals surface area contributed by atoms with Crippen molar-refractivity contribution < 1.29 is 14.6 Å². The first kappa shape index (κ1) is 18.3. The topological polar surface area (TPSA) is 50.7 Å². The Bertz CT molecular complexity index is 608. The third kappa shape index (κ3) is 5.55. The lowest BCUT2D eigenvalue weighted by Crippen LogP contribution is -2.14. The van der Waals surface area contributed by atoms with Gasteiger partial charge in [-0.25, -0.2) is 0 Å². The molecule has 0 saturated carbocycles. The Balaban J connectivity index is 1.64. The summed E-state index contributed by atoms with van der Waals surface area (Å²) in [5.74, 6) is 0.956. The van der Waals surface area contributed by atoms with Gasteiger partial charge in [0.25, 0.3) is 0 Å². The van der Waals surface area contributed by atoms with E-state index in [0.29, 0.717) is 26.2 Å². The van der Waals surface area contributed by atoms with Crippen molar-refractivity contribution in [3.8, 4) is 5.75 Å². The fourth-order valence-corrected chi connectivity index (χ4v) is 2.62. The van der Waals surface area contributed by atoms with Crippen LogP contribution >= 0.6 is 0 Å². The van der Waals surface area contributed by atoms with Gasteiger partial charge in [-0.2, -0.15) is 0 Å². The Labute approximate surface area is 144 Å². The van der Waals surface area contributed by atoms with E-state index in [0.717, 1.165) is 34.7 Å². The number of para-hydroxylation sites is 2. The van der Waals surface area contributed by atoms with Crippen LogP contribution in [0.2, 0.25) is 0 Å². The zero-order chi connectivity index (χ0) is 17.2. The summed E-state index contributed by atoms with van der Waals surface area (Å²) in [5, 5.41) is 12.4. The van der Waals surface area contributed by atoms with E-state index in [4.69, 9.17) is 14.6 Å². The molecule has 0 aliphatic rings. The highest BCUT2D eigenvalue weighted by atomic mass is 16.5. The van der Waals surface area contributed by atoms with Gasteiger partial charge < -0.3 is 19.9 Å². The van der Waals surface area contributed by atoms with Crippen LogP contribution in [-0.4, -0.2) is 38.1 Å². The first-order valence-electron chi connectivity index (χ1n) is 8.41. The van der Waals surface area contributed by atoms with E-state index in [2.05, 4.69) is 31.3 Å². The molecule has 0 spiro atoms. The van der Waals surface area contributed by atoms with E-state index in [1.807, 2.05) is 30.3 Å². The molecule has 0 unspecified atom stereocenters. The number of aliphatic hydroxyl groups excluding tert-OH is 1. The molecule has 0 bridgehead atoms. The third-order valence-electron chi connectivity index (χ3n) is 3.84. The number of rotatable bonds is 10. The lowest BCUT2D eigenvalue weighted by Gasteiger charge is -2.13. The fraction of sp³-hybridized carbons (Fsp3) is 0.400. The molecular formula is C20H27NO3. The maximum absolute atomic E-state index is 9.08. The quantitative estimate of drug-likeness (QED) is 0.656. The smallest absolute Gasteiger partial charge is 0.125 e. The van der Waals surface area contributed by atoms with Crippen LogP contribution in [0.1, 0.15) is 16.7 Å². The van der Waals surface area contributed by atoms with Gasteiger partial charge in [0.1, 0.15) is 12.4 Å². The molecular weight excluding hydrogens is 302 g/mol. The number of aliphatic hydroxyl groups is 1. The van der Waals surface area contributed by atoms with Crippen molar-refractivity contribution in [1.29, 1.82) is 0 Å². The van der Waals surface area contributed by atoms with Crippen LogP contribution in [0, 0.1) is 13.8 Å². The lowest BCUT2D eigenvalue weighted by molar-refractivity contribution is 0.107. The van der Waals surface area contributed by atoms with Crippen LogP contribution < -0.4 is 10.1 Å². The molecule has 2 rings (SSSR count). The molecule has 0 aliphatic heterocycles. The van der Waals surface area contributed by atoms with Crippen molar-refractivity contribution in [1.82, 2.24) is 0 Å². The Morgan fingerprint density at radius 2 is 1.67 bits per heavy atom. The molecule has 0 amide bonds. The van der Waals surface area contributed by atoms with Gasteiger partial charge in [0, 0.05) is 18.8 Å². The van der Waals surface area contributed by atoms with Crippen molar-refractivity contribution in [3.63, 3.8) is 0 Å². The Morgan fingerprint density at radius 3 is 2.42 bits per heavy atom. The first-order valence-corrected chi connectivity index (χ1v) is 8.41. The highest BCUT2D eigenvalue weighted by Gasteiger charge is 2.03. The molecule has 2 aromatic rings. The normalized spacial score (nSPS) is 10.6. The summed E-state index contributed by atoms with van der Waals surface area (Å²) >= 11 is 0. The third-order valence-corrected chi connectivity index (χ3v) is 3.84. The predicted octanol–water partition coefficient (Wildman–Crippen LogP) is 3.35. The highest BCUT2D eigenvalue weighted by Crippen LogP contribution is 2.22. The van der Waals surface area contributed by atoms with E-state index in [1.165, 1.54) is 0 Å². The Kier molecular flexibility index (Phi) is 7.59. The standard InChI is InChI=1S/C20H27NO3/c1-16-6-5-7-17(2)20(16)24-15-14-23-13-11-21-19-9-4-3-8-18(19)10-12-22/h3-9,21-22H,10-15H2,1-2H3. The van der Waals surface area contributed by atoms with Gasteiger partial charge in [-0.1, -0.05) is 36.4 Å². The van der Waals surface area contributed by atoms with E-state index in [9.17, 15) is 0 Å². The minimum absolute atomic E-state index is 0.158. The van der Waals surface area contributed by atoms with E-state index in [-0.39, 0.29) is 6.61 Å². The van der Waals surface area contributed by atoms with Gasteiger partial charge in [-0.05, 0) is 43.0 Å². The van der Waals surface area contributed by atoms with Crippen LogP contribution in [-0.2, 0) is 11.2 Å². The van der Waals surface area contributed by atoms with Gasteiger partial charge >= 0.3 is 0 Å². The molecule has 24 heavy (non-hydrogen) atoms. The van der Waals surface area contributed by atoms with Crippen molar-refractivity contribution in [2.24, 2.45) is 0 Å². The monoisotopic (exact) mass is 329 g/mol. The molecule has 0 saturated heterocycles. The number of ether oxygens (including phenoxy) is 2. The van der Waals surface area contributed by atoms with E-state index < -0.39 is 0 Å². The summed E-state index contributed by atoms with van der Waals surface area (Å²) in [6, 6.07) is 14.2. The molecule has 0 aliphatic carbocycles. The number of aryl methyl sites for hydroxylation is 2. The van der Waals surface area contributed by atoms with Crippen LogP contribution in [0.15, 0.2) is 42.5 Å². The molecule has 4 nitrogen and oxygen atoms in total. The van der Waals surface area contributed by atoms with Crippen molar-refractivity contribution >= 4 is 5.69 Å². The SMILES string of the molecule is Cc1cccc(C)c1OCCOCCNc1ccccc1CCO. The second kappa shape index (κ2) is 9.96. The zero-order valence-electron chi connectivity index (χ0n) is 14.5. The van der Waals surface area contributed by atoms with Crippen molar-refractivity contribution in [3.05, 3.63) is 59.2 Å². The number of hydrogen-bond donors (Lipinski definition) is 2. The average molecular weight is 329 g/mol. The molecule has 0 heterocycles. The predicted molar refractivity (Wildman–Crippen MR) is 98.0 cm³/mol. The Hall–Kier alpha value is -2.04. The van der Waals surface area contributed by atoms with Crippen molar-refractivity contribution in [2.75, 3.05) is 38.3 Å². The zero-order valence-corrected chi connectivity index (χ0v) is 14.5. The molecule has 2 N–H and O–H groups in total. The molecule has 0 radical (unpaired) electrons. The number of benzene rings is 2. The van der Waals surface area contributed by atoms with Crippen LogP contribution in [0.3, 0.4) is 0 Å². The lowest BCUT2D eigenvalue weighted by atomic mass is 10.1. The largest absolute Gasteiger partial charge is 0.491 e. The number of anilines is 1. The Morgan fingerprint density at radius 1 is 0.917 bits per heavy atom. The molecule has 0 fully saturated rings. The molecule has 0 atom stereocenters. The number of nitrogens with one attached hydrogen (secondary N) is 1. The second-order valence-corrected chi connectivity index (χ2v) is 5.74. The summed E-state index contributed by atoms with van der Waals surface area (Å²) in [5.41, 5.74) is 4.48. The maximum Gasteiger partial charge on any atom is 0.125 e. The minimum atomic E-state index is 0.158. The molecule has 0 aromatic heterocycles. The van der Waals surface area contributed by atoms with Gasteiger partial charge in [0.15, 0.2) is 0 Å². The number of hydrogen-bond acceptors (Lipinski definition) is 4. The van der Waals surface area contributed by atoms with Gasteiger partial charge in [-0.15, -0.1) is 0 Å². The summed E-state index contributed by atoms with van der Waals surface area (Å²) in [6.45, 7) is 6.72. The van der Waals surface area contributed by atoms with E-state index >= 15 is 0 Å². The van der Waals surface area contributed by atoms with Crippen LogP contribution in [0.4, 0.5) is 5.69 Å². The minimum Gasteiger partial charge on any atom is -0.491 e. The summed E-state index contributed by atoms with van der Waals surface area (Å²) in [4.78, 5) is 0. The van der Waals surface area contributed by atoms with Crippen molar-refractivity contribution in [2.45, 2.75) is 20.3 Å². The van der Waals surface area contributed by atoms with Gasteiger partial charge in [0.2, 0.25) is 0 Å². The van der Waals surface area contributed by atoms with Gasteiger partial charge in [0.05, 0.1) is 13.2 Å². The fourth-order valence-electron chi connectivity index (χ4n) is 2.62. The molecule has 4 heteroatoms. The molecule has 2 aromatic carbocycles. The summed E-state index contributed by atoms with van der Waals surface area (Å²) in [6.07, 6.45) is 0.660. The second-order valence-electron chi connectivity index (χ2n) is 5.74.